The predicted octanol–water partition coefficient (Wildman–Crippen LogP) is 3.22. The van der Waals surface area contributed by atoms with Crippen LogP contribution in [0.2, 0.25) is 0 Å². The summed E-state index contributed by atoms with van der Waals surface area (Å²) in [5, 5.41) is 0.321. The zero-order chi connectivity index (χ0) is 13.9. The van der Waals surface area contributed by atoms with Crippen molar-refractivity contribution in [3.05, 3.63) is 26.6 Å². The lowest BCUT2D eigenvalue weighted by molar-refractivity contribution is 0.0600. The monoisotopic (exact) mass is 395 g/mol. The number of nitrogens with zero attached hydrogens (tertiary/aromatic N) is 1. The van der Waals surface area contributed by atoms with Gasteiger partial charge >= 0.3 is 5.97 Å². The van der Waals surface area contributed by atoms with Crippen LogP contribution in [0.3, 0.4) is 0 Å². The lowest BCUT2D eigenvalue weighted by Crippen LogP contribution is -2.25. The van der Waals surface area contributed by atoms with Crippen LogP contribution < -0.4 is 4.74 Å². The maximum Gasteiger partial charge on any atom is 0.337 e. The normalized spacial score (nSPS) is 9.83. The summed E-state index contributed by atoms with van der Waals surface area (Å²) >= 11 is 11.7. The number of thiocarbonyl (C=S) groups is 1. The fourth-order valence-corrected chi connectivity index (χ4v) is 2.50. The highest BCUT2D eigenvalue weighted by Crippen LogP contribution is 2.35. The van der Waals surface area contributed by atoms with Gasteiger partial charge < -0.3 is 14.4 Å². The van der Waals surface area contributed by atoms with E-state index in [2.05, 4.69) is 36.6 Å². The van der Waals surface area contributed by atoms with Gasteiger partial charge in [0, 0.05) is 14.1 Å². The van der Waals surface area contributed by atoms with Gasteiger partial charge in [-0.15, -0.1) is 0 Å². The number of hydrogen-bond acceptors (Lipinski definition) is 4. The highest BCUT2D eigenvalue weighted by Gasteiger charge is 2.15. The Hall–Kier alpha value is -0.660. The van der Waals surface area contributed by atoms with Crippen molar-refractivity contribution in [3.63, 3.8) is 0 Å². The molecule has 0 amide bonds. The minimum absolute atomic E-state index is 0.321. The van der Waals surface area contributed by atoms with Crippen LogP contribution in [-0.2, 0) is 4.74 Å². The van der Waals surface area contributed by atoms with Crippen LogP contribution >= 0.6 is 44.1 Å². The van der Waals surface area contributed by atoms with E-state index in [0.717, 1.165) is 0 Å². The van der Waals surface area contributed by atoms with Gasteiger partial charge in [0.15, 0.2) is 5.75 Å². The fourth-order valence-electron chi connectivity index (χ4n) is 1.07. The number of carbonyl (C=O) groups is 1. The molecule has 0 fully saturated rings. The number of esters is 1. The molecule has 0 aliphatic carbocycles. The molecular formula is C11H11Br2NO3S. The van der Waals surface area contributed by atoms with E-state index in [9.17, 15) is 4.79 Å². The standard InChI is InChI=1S/C11H11Br2NO3S/c1-14(2)11(18)17-9-7(12)4-6(5-8(9)13)10(15)16-3/h4-5H,1-3H3. The zero-order valence-corrected chi connectivity index (χ0v) is 14.0. The summed E-state index contributed by atoms with van der Waals surface area (Å²) in [5.41, 5.74) is 0.416. The lowest BCUT2D eigenvalue weighted by Gasteiger charge is -2.16. The minimum Gasteiger partial charge on any atom is -0.465 e. The van der Waals surface area contributed by atoms with Crippen LogP contribution in [0.1, 0.15) is 10.4 Å². The van der Waals surface area contributed by atoms with Gasteiger partial charge in [-0.3, -0.25) is 0 Å². The minimum atomic E-state index is -0.418. The van der Waals surface area contributed by atoms with E-state index < -0.39 is 5.97 Å². The van der Waals surface area contributed by atoms with E-state index in [1.54, 1.807) is 31.1 Å². The number of rotatable bonds is 2. The number of carbonyl (C=O) groups excluding carboxylic acids is 1. The Labute approximate surface area is 127 Å². The molecule has 18 heavy (non-hydrogen) atoms. The third kappa shape index (κ3) is 3.66. The Morgan fingerprint density at radius 3 is 2.17 bits per heavy atom. The predicted molar refractivity (Wildman–Crippen MR) is 80.1 cm³/mol. The molecule has 1 aromatic carbocycles. The van der Waals surface area contributed by atoms with Gasteiger partial charge in [0.2, 0.25) is 0 Å². The Balaban J connectivity index is 3.09. The van der Waals surface area contributed by atoms with Gasteiger partial charge in [-0.25, -0.2) is 4.79 Å². The second-order valence-corrected chi connectivity index (χ2v) is 5.58. The van der Waals surface area contributed by atoms with Gasteiger partial charge in [0.1, 0.15) is 0 Å². The van der Waals surface area contributed by atoms with E-state index in [1.165, 1.54) is 7.11 Å². The molecule has 0 saturated heterocycles. The molecule has 1 rings (SSSR count). The van der Waals surface area contributed by atoms with E-state index >= 15 is 0 Å². The van der Waals surface area contributed by atoms with E-state index in [1.807, 2.05) is 0 Å². The summed E-state index contributed by atoms with van der Waals surface area (Å²) in [4.78, 5) is 13.1. The average Bonchev–Trinajstić information content (AvgIpc) is 2.31. The smallest absolute Gasteiger partial charge is 0.337 e. The molecule has 0 spiro atoms. The fraction of sp³-hybridized carbons (Fsp3) is 0.273. The summed E-state index contributed by atoms with van der Waals surface area (Å²) in [6.07, 6.45) is 0. The van der Waals surface area contributed by atoms with Gasteiger partial charge in [-0.1, -0.05) is 0 Å². The molecule has 0 saturated carbocycles. The lowest BCUT2D eigenvalue weighted by atomic mass is 10.2. The quantitative estimate of drug-likeness (QED) is 0.566. The highest BCUT2D eigenvalue weighted by atomic mass is 79.9. The van der Waals surface area contributed by atoms with Gasteiger partial charge in [0.05, 0.1) is 21.6 Å². The zero-order valence-electron chi connectivity index (χ0n) is 9.99. The van der Waals surface area contributed by atoms with Crippen LogP contribution in [0.4, 0.5) is 0 Å². The van der Waals surface area contributed by atoms with E-state index in [4.69, 9.17) is 17.0 Å². The maximum absolute atomic E-state index is 11.4. The SMILES string of the molecule is COC(=O)c1cc(Br)c(OC(=S)N(C)C)c(Br)c1. The number of methoxy groups -OCH3 is 1. The number of halogens is 2. The molecule has 0 heterocycles. The third-order valence-electron chi connectivity index (χ3n) is 1.97. The van der Waals surface area contributed by atoms with Crippen LogP contribution in [0, 0.1) is 0 Å². The average molecular weight is 397 g/mol. The van der Waals surface area contributed by atoms with Crippen molar-refractivity contribution in [1.29, 1.82) is 0 Å². The second kappa shape index (κ2) is 6.49. The molecular weight excluding hydrogens is 386 g/mol. The first-order valence-corrected chi connectivity index (χ1v) is 6.82. The molecule has 7 heteroatoms. The Morgan fingerprint density at radius 1 is 1.28 bits per heavy atom. The number of hydrogen-bond donors (Lipinski definition) is 0. The van der Waals surface area contributed by atoms with E-state index in [0.29, 0.717) is 25.4 Å². The summed E-state index contributed by atoms with van der Waals surface area (Å²) < 4.78 is 11.4. The van der Waals surface area contributed by atoms with Crippen molar-refractivity contribution in [3.8, 4) is 5.75 Å². The van der Waals surface area contributed by atoms with Gasteiger partial charge in [-0.2, -0.15) is 0 Å². The van der Waals surface area contributed by atoms with Crippen LogP contribution in [0.25, 0.3) is 0 Å². The van der Waals surface area contributed by atoms with Crippen molar-refractivity contribution in [1.82, 2.24) is 4.90 Å². The van der Waals surface area contributed by atoms with Gasteiger partial charge in [-0.05, 0) is 56.2 Å². The Bertz CT molecular complexity index is 468. The third-order valence-corrected chi connectivity index (χ3v) is 3.60. The Kier molecular flexibility index (Phi) is 5.55. The highest BCUT2D eigenvalue weighted by molar-refractivity contribution is 9.11. The number of benzene rings is 1. The van der Waals surface area contributed by atoms with Crippen molar-refractivity contribution in [2.75, 3.05) is 21.2 Å². The largest absolute Gasteiger partial charge is 0.465 e. The molecule has 0 atom stereocenters. The summed E-state index contributed by atoms with van der Waals surface area (Å²) in [5.74, 6) is 0.0967. The summed E-state index contributed by atoms with van der Waals surface area (Å²) in [6, 6.07) is 3.23. The van der Waals surface area contributed by atoms with E-state index in [-0.39, 0.29) is 0 Å². The first-order chi connectivity index (χ1) is 8.36. The molecule has 1 aromatic rings. The molecule has 98 valence electrons. The first-order valence-electron chi connectivity index (χ1n) is 4.83. The van der Waals surface area contributed by atoms with Crippen molar-refractivity contribution in [2.24, 2.45) is 0 Å². The van der Waals surface area contributed by atoms with Crippen LogP contribution in [0.15, 0.2) is 21.1 Å². The van der Waals surface area contributed by atoms with Gasteiger partial charge in [0.25, 0.3) is 5.17 Å². The molecule has 0 aliphatic heterocycles. The molecule has 0 radical (unpaired) electrons. The molecule has 0 unspecified atom stereocenters. The summed E-state index contributed by atoms with van der Waals surface area (Å²) in [7, 11) is 4.90. The van der Waals surface area contributed by atoms with Crippen LogP contribution in [0.5, 0.6) is 5.75 Å². The summed E-state index contributed by atoms with van der Waals surface area (Å²) in [6.45, 7) is 0. The molecule has 0 aromatic heterocycles. The molecule has 0 bridgehead atoms. The maximum atomic E-state index is 11.4. The molecule has 0 aliphatic rings. The number of ether oxygens (including phenoxy) is 2. The van der Waals surface area contributed by atoms with Crippen molar-refractivity contribution < 1.29 is 14.3 Å². The first kappa shape index (κ1) is 15.4. The Morgan fingerprint density at radius 2 is 1.78 bits per heavy atom. The molecule has 4 nitrogen and oxygen atoms in total. The van der Waals surface area contributed by atoms with Crippen molar-refractivity contribution >= 4 is 55.2 Å². The topological polar surface area (TPSA) is 38.8 Å². The molecule has 0 N–H and O–H groups in total. The second-order valence-electron chi connectivity index (χ2n) is 3.52. The van der Waals surface area contributed by atoms with Crippen LogP contribution in [-0.4, -0.2) is 37.2 Å². The van der Waals surface area contributed by atoms with Crippen molar-refractivity contribution in [2.45, 2.75) is 0 Å².